The van der Waals surface area contributed by atoms with Crippen LogP contribution in [0.5, 0.6) is 0 Å². The predicted molar refractivity (Wildman–Crippen MR) is 187 cm³/mol. The first-order valence-corrected chi connectivity index (χ1v) is 16.3. The van der Waals surface area contributed by atoms with Gasteiger partial charge in [0.1, 0.15) is 11.2 Å². The second kappa shape index (κ2) is 8.46. The zero-order chi connectivity index (χ0) is 30.2. The van der Waals surface area contributed by atoms with Crippen molar-refractivity contribution < 1.29 is 4.42 Å². The molecule has 7 aromatic carbocycles. The third-order valence-corrected chi connectivity index (χ3v) is 11.3. The molecule has 0 N–H and O–H groups in total. The summed E-state index contributed by atoms with van der Waals surface area (Å²) in [6.07, 6.45) is 0. The van der Waals surface area contributed by atoms with E-state index >= 15 is 0 Å². The number of hydrogen-bond donors (Lipinski definition) is 0. The van der Waals surface area contributed by atoms with Crippen molar-refractivity contribution >= 4 is 33.5 Å². The van der Waals surface area contributed by atoms with Gasteiger partial charge in [-0.25, -0.2) is 0 Å². The fourth-order valence-electron chi connectivity index (χ4n) is 9.57. The lowest BCUT2D eigenvalue weighted by atomic mass is 9.52. The van der Waals surface area contributed by atoms with Gasteiger partial charge in [-0.3, -0.25) is 0 Å². The zero-order valence-electron chi connectivity index (χ0n) is 24.7. The highest BCUT2D eigenvalue weighted by Crippen LogP contribution is 2.68. The van der Waals surface area contributed by atoms with Gasteiger partial charge in [0.25, 0.3) is 0 Å². The Balaban J connectivity index is 1.40. The van der Waals surface area contributed by atoms with E-state index in [4.69, 9.17) is 16.0 Å². The van der Waals surface area contributed by atoms with Gasteiger partial charge < -0.3 is 4.42 Å². The van der Waals surface area contributed by atoms with Crippen molar-refractivity contribution in [3.63, 3.8) is 0 Å². The van der Waals surface area contributed by atoms with Gasteiger partial charge in [-0.1, -0.05) is 139 Å². The first-order valence-electron chi connectivity index (χ1n) is 15.9. The minimum absolute atomic E-state index is 0.465. The standard InChI is InChI=1S/C44H25ClO/c45-26-21-23-34-31(25-26)29-22-24-40-41(30-13-3-10-20-39(30)46-40)42(29)44(34)37-18-8-6-16-35(37)43(36-17-7-9-19-38(36)44)32-14-4-1-11-27(32)28-12-2-5-15-33(28)43/h1-25H. The average molecular weight is 605 g/mol. The molecular formula is C44H25ClO. The van der Waals surface area contributed by atoms with Crippen LogP contribution in [0.1, 0.15) is 44.5 Å². The minimum atomic E-state index is -0.591. The lowest BCUT2D eigenvalue weighted by Gasteiger charge is -2.49. The van der Waals surface area contributed by atoms with Crippen molar-refractivity contribution in [2.45, 2.75) is 10.8 Å². The van der Waals surface area contributed by atoms with Gasteiger partial charge in [0.2, 0.25) is 0 Å². The third-order valence-electron chi connectivity index (χ3n) is 11.0. The second-order valence-electron chi connectivity index (χ2n) is 12.8. The average Bonchev–Trinajstić information content (AvgIpc) is 3.73. The summed E-state index contributed by atoms with van der Waals surface area (Å²) in [5.41, 5.74) is 16.2. The molecule has 3 aliphatic rings. The van der Waals surface area contributed by atoms with E-state index in [9.17, 15) is 0 Å². The zero-order valence-corrected chi connectivity index (χ0v) is 25.5. The molecule has 1 heterocycles. The summed E-state index contributed by atoms with van der Waals surface area (Å²) in [4.78, 5) is 0. The fraction of sp³-hybridized carbons (Fsp3) is 0.0455. The van der Waals surface area contributed by atoms with Gasteiger partial charge in [-0.2, -0.15) is 0 Å². The van der Waals surface area contributed by atoms with E-state index in [0.29, 0.717) is 0 Å². The maximum Gasteiger partial charge on any atom is 0.135 e. The summed E-state index contributed by atoms with van der Waals surface area (Å²) in [5, 5.41) is 3.05. The Morgan fingerprint density at radius 2 is 0.913 bits per heavy atom. The van der Waals surface area contributed by atoms with Crippen LogP contribution in [0.2, 0.25) is 5.02 Å². The highest BCUT2D eigenvalue weighted by Gasteiger charge is 2.59. The fourth-order valence-corrected chi connectivity index (χ4v) is 9.74. The smallest absolute Gasteiger partial charge is 0.135 e. The highest BCUT2D eigenvalue weighted by molar-refractivity contribution is 6.31. The lowest BCUT2D eigenvalue weighted by molar-refractivity contribution is 0.634. The van der Waals surface area contributed by atoms with Crippen molar-refractivity contribution in [1.82, 2.24) is 0 Å². The molecule has 0 unspecified atom stereocenters. The molecule has 0 saturated carbocycles. The van der Waals surface area contributed by atoms with Gasteiger partial charge in [0, 0.05) is 15.8 Å². The molecular weight excluding hydrogens is 580 g/mol. The molecule has 0 radical (unpaired) electrons. The maximum absolute atomic E-state index is 6.80. The molecule has 8 aromatic rings. The van der Waals surface area contributed by atoms with Crippen LogP contribution in [0.3, 0.4) is 0 Å². The first-order chi connectivity index (χ1) is 22.7. The third kappa shape index (κ3) is 2.65. The van der Waals surface area contributed by atoms with Crippen LogP contribution in [0.4, 0.5) is 0 Å². The van der Waals surface area contributed by atoms with E-state index < -0.39 is 10.8 Å². The number of rotatable bonds is 0. The summed E-state index contributed by atoms with van der Waals surface area (Å²) in [7, 11) is 0. The van der Waals surface area contributed by atoms with Crippen LogP contribution in [-0.4, -0.2) is 0 Å². The maximum atomic E-state index is 6.80. The van der Waals surface area contributed by atoms with Gasteiger partial charge in [0.15, 0.2) is 0 Å². The molecule has 11 rings (SSSR count). The molecule has 0 aliphatic heterocycles. The Hall–Kier alpha value is -5.37. The van der Waals surface area contributed by atoms with Gasteiger partial charge in [-0.05, 0) is 91.0 Å². The molecule has 0 saturated heterocycles. The van der Waals surface area contributed by atoms with E-state index in [2.05, 4.69) is 152 Å². The summed E-state index contributed by atoms with van der Waals surface area (Å²) in [6, 6.07) is 55.8. The molecule has 2 heteroatoms. The quantitative estimate of drug-likeness (QED) is 0.168. The Morgan fingerprint density at radius 3 is 1.57 bits per heavy atom. The number of fused-ring (bicyclic) bond motifs is 20. The van der Waals surface area contributed by atoms with Crippen LogP contribution < -0.4 is 0 Å². The van der Waals surface area contributed by atoms with Gasteiger partial charge in [-0.15, -0.1) is 0 Å². The van der Waals surface area contributed by atoms with E-state index in [1.54, 1.807) is 0 Å². The molecule has 0 fully saturated rings. The van der Waals surface area contributed by atoms with Crippen LogP contribution in [-0.2, 0) is 10.8 Å². The number of halogens is 1. The van der Waals surface area contributed by atoms with Crippen LogP contribution in [0, 0.1) is 0 Å². The number of benzene rings is 7. The summed E-state index contributed by atoms with van der Waals surface area (Å²) in [6.45, 7) is 0. The Labute approximate surface area is 271 Å². The highest BCUT2D eigenvalue weighted by atomic mass is 35.5. The van der Waals surface area contributed by atoms with Crippen LogP contribution in [0.15, 0.2) is 156 Å². The molecule has 214 valence electrons. The lowest BCUT2D eigenvalue weighted by Crippen LogP contribution is -2.43. The van der Waals surface area contributed by atoms with E-state index in [-0.39, 0.29) is 0 Å². The van der Waals surface area contributed by atoms with Crippen molar-refractivity contribution in [2.75, 3.05) is 0 Å². The van der Waals surface area contributed by atoms with Gasteiger partial charge >= 0.3 is 0 Å². The summed E-state index contributed by atoms with van der Waals surface area (Å²) < 4.78 is 6.57. The van der Waals surface area contributed by atoms with Crippen molar-refractivity contribution in [3.8, 4) is 22.3 Å². The summed E-state index contributed by atoms with van der Waals surface area (Å²) >= 11 is 6.80. The van der Waals surface area contributed by atoms with E-state index in [1.807, 2.05) is 0 Å². The largest absolute Gasteiger partial charge is 0.456 e. The molecule has 1 nitrogen and oxygen atoms in total. The SMILES string of the molecule is Clc1ccc2c(c1)-c1ccc3oc4ccccc4c3c1C21c2ccccc2C2(c3ccccc3-c3ccccc32)c2ccccc21. The monoisotopic (exact) mass is 604 g/mol. The predicted octanol–water partition coefficient (Wildman–Crippen LogP) is 11.3. The van der Waals surface area contributed by atoms with Crippen LogP contribution in [0.25, 0.3) is 44.2 Å². The molecule has 0 atom stereocenters. The molecule has 46 heavy (non-hydrogen) atoms. The van der Waals surface area contributed by atoms with Gasteiger partial charge in [0.05, 0.1) is 10.8 Å². The Morgan fingerprint density at radius 1 is 0.391 bits per heavy atom. The number of para-hydroxylation sites is 1. The van der Waals surface area contributed by atoms with Crippen molar-refractivity contribution in [1.29, 1.82) is 0 Å². The number of furan rings is 1. The normalized spacial score (nSPS) is 15.4. The number of hydrogen-bond acceptors (Lipinski definition) is 1. The molecule has 1 aromatic heterocycles. The second-order valence-corrected chi connectivity index (χ2v) is 13.3. The molecule has 0 amide bonds. The summed E-state index contributed by atoms with van der Waals surface area (Å²) in [5.74, 6) is 0. The Kier molecular flexibility index (Phi) is 4.58. The van der Waals surface area contributed by atoms with E-state index in [0.717, 1.165) is 21.6 Å². The van der Waals surface area contributed by atoms with Crippen LogP contribution >= 0.6 is 11.6 Å². The molecule has 2 spiro atoms. The van der Waals surface area contributed by atoms with E-state index in [1.165, 1.54) is 72.1 Å². The molecule has 0 bridgehead atoms. The topological polar surface area (TPSA) is 13.1 Å². The minimum Gasteiger partial charge on any atom is -0.456 e. The Bertz CT molecular complexity index is 2530. The van der Waals surface area contributed by atoms with Crippen molar-refractivity contribution in [2.24, 2.45) is 0 Å². The first kappa shape index (κ1) is 24.9. The molecule has 3 aliphatic carbocycles. The van der Waals surface area contributed by atoms with Crippen molar-refractivity contribution in [3.05, 3.63) is 201 Å².